The van der Waals surface area contributed by atoms with Crippen LogP contribution in [0.15, 0.2) is 59.5 Å². The summed E-state index contributed by atoms with van der Waals surface area (Å²) in [4.78, 5) is 32.6. The first kappa shape index (κ1) is 25.8. The van der Waals surface area contributed by atoms with E-state index in [1.807, 2.05) is 70.3 Å². The zero-order valence-corrected chi connectivity index (χ0v) is 22.3. The summed E-state index contributed by atoms with van der Waals surface area (Å²) in [6.07, 6.45) is 4.20. The van der Waals surface area contributed by atoms with Gasteiger partial charge in [-0.1, -0.05) is 44.1 Å². The Balaban J connectivity index is 1.38. The van der Waals surface area contributed by atoms with E-state index in [-0.39, 0.29) is 11.2 Å². The average molecular weight is 525 g/mol. The molecule has 0 radical (unpaired) electrons. The average Bonchev–Trinajstić information content (AvgIpc) is 3.60. The van der Waals surface area contributed by atoms with Crippen molar-refractivity contribution in [2.24, 2.45) is 0 Å². The fraction of sp³-hybridized carbons (Fsp3) is 0.241. The van der Waals surface area contributed by atoms with Gasteiger partial charge in [0.2, 0.25) is 5.89 Å². The third-order valence-corrected chi connectivity index (χ3v) is 6.43. The molecule has 0 fully saturated rings. The molecule has 198 valence electrons. The fourth-order valence-electron chi connectivity index (χ4n) is 4.21. The Hall–Kier alpha value is -4.86. The monoisotopic (exact) mass is 524 g/mol. The summed E-state index contributed by atoms with van der Waals surface area (Å²) in [5, 5.41) is 11.0. The van der Waals surface area contributed by atoms with E-state index in [0.717, 1.165) is 45.3 Å². The van der Waals surface area contributed by atoms with Crippen LogP contribution in [-0.4, -0.2) is 44.0 Å². The van der Waals surface area contributed by atoms with E-state index < -0.39 is 5.91 Å². The molecule has 5 aromatic rings. The molecular formula is C29H28N6O4. The number of amides is 1. The van der Waals surface area contributed by atoms with Gasteiger partial charge in [0.05, 0.1) is 23.9 Å². The van der Waals surface area contributed by atoms with Crippen molar-refractivity contribution >= 4 is 17.7 Å². The number of methoxy groups -OCH3 is 1. The van der Waals surface area contributed by atoms with Gasteiger partial charge in [0.1, 0.15) is 12.1 Å². The predicted molar refractivity (Wildman–Crippen MR) is 145 cm³/mol. The largest absolute Gasteiger partial charge is 0.496 e. The number of nitrogens with zero attached hydrogens (tertiary/aromatic N) is 5. The summed E-state index contributed by atoms with van der Waals surface area (Å²) in [6.45, 7) is 8.13. The minimum atomic E-state index is -0.395. The van der Waals surface area contributed by atoms with Gasteiger partial charge < -0.3 is 14.6 Å². The van der Waals surface area contributed by atoms with Gasteiger partial charge in [0, 0.05) is 29.3 Å². The molecule has 0 saturated carbocycles. The van der Waals surface area contributed by atoms with Crippen LogP contribution in [-0.2, 0) is 12.0 Å². The molecule has 3 aromatic heterocycles. The molecule has 0 aliphatic rings. The Bertz CT molecular complexity index is 1700. The fourth-order valence-corrected chi connectivity index (χ4v) is 4.21. The summed E-state index contributed by atoms with van der Waals surface area (Å²) < 4.78 is 12.4. The standard InChI is InChI=1S/C29H28N6O4/c1-17-10-19(7-8-20(17)13-30-27(37)26-33-28(39-34-26)29(2,3)4)25-23-11-22(14-35(23)32-16-31-25)18-6-9-21(15-36)24(12-18)38-5/h6-12,14-16H,13H2,1-5H3,(H,30,37). The molecular weight excluding hydrogens is 496 g/mol. The number of benzene rings is 2. The lowest BCUT2D eigenvalue weighted by atomic mass is 9.97. The molecule has 3 heterocycles. The highest BCUT2D eigenvalue weighted by Crippen LogP contribution is 2.31. The number of carbonyl (C=O) groups excluding carboxylic acids is 2. The van der Waals surface area contributed by atoms with Gasteiger partial charge in [-0.05, 0) is 47.9 Å². The van der Waals surface area contributed by atoms with Gasteiger partial charge in [-0.2, -0.15) is 10.1 Å². The molecule has 10 heteroatoms. The number of aryl methyl sites for hydroxylation is 1. The second-order valence-electron chi connectivity index (χ2n) is 10.2. The topological polar surface area (TPSA) is 125 Å². The normalized spacial score (nSPS) is 11.5. The van der Waals surface area contributed by atoms with Crippen molar-refractivity contribution in [2.75, 3.05) is 7.11 Å². The van der Waals surface area contributed by atoms with Crippen LogP contribution in [0.1, 0.15) is 58.8 Å². The molecule has 0 bridgehead atoms. The lowest BCUT2D eigenvalue weighted by molar-refractivity contribution is 0.0937. The molecule has 39 heavy (non-hydrogen) atoms. The maximum Gasteiger partial charge on any atom is 0.292 e. The molecule has 5 rings (SSSR count). The van der Waals surface area contributed by atoms with E-state index in [0.29, 0.717) is 23.7 Å². The SMILES string of the molecule is COc1cc(-c2cc3c(-c4ccc(CNC(=O)c5noc(C(C)(C)C)n5)c(C)c4)ncnn3c2)ccc1C=O. The highest BCUT2D eigenvalue weighted by molar-refractivity contribution is 5.90. The van der Waals surface area contributed by atoms with Crippen molar-refractivity contribution in [3.63, 3.8) is 0 Å². The van der Waals surface area contributed by atoms with Gasteiger partial charge in [-0.15, -0.1) is 0 Å². The third-order valence-electron chi connectivity index (χ3n) is 6.43. The second kappa shape index (κ2) is 10.1. The molecule has 10 nitrogen and oxygen atoms in total. The number of ether oxygens (including phenoxy) is 1. The minimum Gasteiger partial charge on any atom is -0.496 e. The number of hydrogen-bond donors (Lipinski definition) is 1. The maximum atomic E-state index is 12.6. The van der Waals surface area contributed by atoms with E-state index in [9.17, 15) is 9.59 Å². The molecule has 0 aliphatic heterocycles. The van der Waals surface area contributed by atoms with Crippen molar-refractivity contribution < 1.29 is 18.8 Å². The Morgan fingerprint density at radius 2 is 1.90 bits per heavy atom. The minimum absolute atomic E-state index is 0.0139. The zero-order chi connectivity index (χ0) is 27.7. The number of aldehydes is 1. The van der Waals surface area contributed by atoms with Crippen molar-refractivity contribution in [1.29, 1.82) is 0 Å². The van der Waals surface area contributed by atoms with Gasteiger partial charge >= 0.3 is 0 Å². The third kappa shape index (κ3) is 5.13. The highest BCUT2D eigenvalue weighted by Gasteiger charge is 2.24. The molecule has 0 spiro atoms. The summed E-state index contributed by atoms with van der Waals surface area (Å²) in [5.74, 6) is 0.542. The summed E-state index contributed by atoms with van der Waals surface area (Å²) in [7, 11) is 1.54. The Morgan fingerprint density at radius 1 is 1.10 bits per heavy atom. The molecule has 0 atom stereocenters. The van der Waals surface area contributed by atoms with E-state index in [1.165, 1.54) is 13.4 Å². The van der Waals surface area contributed by atoms with Crippen LogP contribution >= 0.6 is 0 Å². The number of nitrogens with one attached hydrogen (secondary N) is 1. The highest BCUT2D eigenvalue weighted by atomic mass is 16.5. The van der Waals surface area contributed by atoms with Crippen LogP contribution in [0.5, 0.6) is 5.75 Å². The van der Waals surface area contributed by atoms with Gasteiger partial charge in [0.15, 0.2) is 6.29 Å². The Kier molecular flexibility index (Phi) is 6.69. The Morgan fingerprint density at radius 3 is 2.59 bits per heavy atom. The van der Waals surface area contributed by atoms with Gasteiger partial charge in [0.25, 0.3) is 11.7 Å². The van der Waals surface area contributed by atoms with Gasteiger partial charge in [-0.3, -0.25) is 9.59 Å². The summed E-state index contributed by atoms with van der Waals surface area (Å²) in [5.41, 5.74) is 6.44. The van der Waals surface area contributed by atoms with Crippen LogP contribution in [0.25, 0.3) is 27.9 Å². The van der Waals surface area contributed by atoms with Crippen LogP contribution in [0.3, 0.4) is 0 Å². The van der Waals surface area contributed by atoms with Gasteiger partial charge in [-0.25, -0.2) is 9.50 Å². The van der Waals surface area contributed by atoms with Crippen molar-refractivity contribution in [1.82, 2.24) is 30.1 Å². The number of hydrogen-bond acceptors (Lipinski definition) is 8. The molecule has 2 aromatic carbocycles. The van der Waals surface area contributed by atoms with Crippen molar-refractivity contribution in [2.45, 2.75) is 39.7 Å². The van der Waals surface area contributed by atoms with E-state index >= 15 is 0 Å². The second-order valence-corrected chi connectivity index (χ2v) is 10.2. The molecule has 0 unspecified atom stereocenters. The van der Waals surface area contributed by atoms with E-state index in [1.54, 1.807) is 10.6 Å². The first-order valence-corrected chi connectivity index (χ1v) is 12.4. The lowest BCUT2D eigenvalue weighted by Crippen LogP contribution is -2.24. The molecule has 0 aliphatic carbocycles. The van der Waals surface area contributed by atoms with Crippen LogP contribution < -0.4 is 10.1 Å². The molecule has 0 saturated heterocycles. The van der Waals surface area contributed by atoms with Crippen molar-refractivity contribution in [3.05, 3.63) is 83.4 Å². The van der Waals surface area contributed by atoms with Crippen LogP contribution in [0, 0.1) is 6.92 Å². The lowest BCUT2D eigenvalue weighted by Gasteiger charge is -2.10. The van der Waals surface area contributed by atoms with Crippen molar-refractivity contribution in [3.8, 4) is 28.1 Å². The first-order valence-electron chi connectivity index (χ1n) is 12.4. The van der Waals surface area contributed by atoms with E-state index in [2.05, 4.69) is 25.5 Å². The predicted octanol–water partition coefficient (Wildman–Crippen LogP) is 4.80. The number of rotatable bonds is 7. The molecule has 1 amide bonds. The summed E-state index contributed by atoms with van der Waals surface area (Å²) >= 11 is 0. The zero-order valence-electron chi connectivity index (χ0n) is 22.3. The van der Waals surface area contributed by atoms with Crippen LogP contribution in [0.2, 0.25) is 0 Å². The molecule has 1 N–H and O–H groups in total. The quantitative estimate of drug-likeness (QED) is 0.301. The summed E-state index contributed by atoms with van der Waals surface area (Å²) in [6, 6.07) is 13.4. The first-order chi connectivity index (χ1) is 18.7. The maximum absolute atomic E-state index is 12.6. The number of carbonyl (C=O) groups is 2. The number of fused-ring (bicyclic) bond motifs is 1. The van der Waals surface area contributed by atoms with E-state index in [4.69, 9.17) is 9.26 Å². The number of aromatic nitrogens is 5. The van der Waals surface area contributed by atoms with Crippen LogP contribution in [0.4, 0.5) is 0 Å². The Labute approximate surface area is 225 Å². The smallest absolute Gasteiger partial charge is 0.292 e.